The van der Waals surface area contributed by atoms with Crippen LogP contribution in [0, 0.1) is 0 Å². The maximum Gasteiger partial charge on any atom is 0.279 e. The van der Waals surface area contributed by atoms with E-state index in [1.165, 1.54) is 0 Å². The van der Waals surface area contributed by atoms with E-state index in [0.29, 0.717) is 18.3 Å². The number of benzene rings is 1. The fourth-order valence-electron chi connectivity index (χ4n) is 1.28. The zero-order valence-corrected chi connectivity index (χ0v) is 15.3. The minimum atomic E-state index is -2.56. The standard InChI is InChI=1S/C11H17BrN3O2PS2/c1-3-16-18(20,17-4-2)15-14-11(19)13-10-8-6-5-7-9(10)12/h5-8H,3-4H2,1-2H3,(H,15,20)(H2,13,14,19). The summed E-state index contributed by atoms with van der Waals surface area (Å²) >= 11 is 13.9. The fourth-order valence-corrected chi connectivity index (χ4v) is 3.80. The Morgan fingerprint density at radius 3 is 2.40 bits per heavy atom. The summed E-state index contributed by atoms with van der Waals surface area (Å²) in [5.74, 6) is 0. The molecule has 0 aliphatic rings. The Bertz CT molecular complexity index is 494. The number of hydrazine groups is 1. The minimum absolute atomic E-state index is 0.380. The van der Waals surface area contributed by atoms with Gasteiger partial charge < -0.3 is 14.4 Å². The van der Waals surface area contributed by atoms with Gasteiger partial charge in [-0.2, -0.15) is 5.20 Å². The van der Waals surface area contributed by atoms with Crippen LogP contribution in [0.15, 0.2) is 28.7 Å². The van der Waals surface area contributed by atoms with Gasteiger partial charge in [-0.25, -0.2) is 0 Å². The molecule has 0 heterocycles. The van der Waals surface area contributed by atoms with E-state index >= 15 is 0 Å². The first kappa shape index (κ1) is 18.0. The van der Waals surface area contributed by atoms with Gasteiger partial charge in [0.05, 0.1) is 18.9 Å². The quantitative estimate of drug-likeness (QED) is 0.369. The molecule has 1 rings (SSSR count). The molecule has 0 unspecified atom stereocenters. The second kappa shape index (κ2) is 9.04. The largest absolute Gasteiger partial charge is 0.331 e. The number of anilines is 1. The Balaban J connectivity index is 2.54. The van der Waals surface area contributed by atoms with Gasteiger partial charge in [0.15, 0.2) is 5.11 Å². The molecule has 0 saturated carbocycles. The van der Waals surface area contributed by atoms with Gasteiger partial charge in [-0.15, -0.1) is 0 Å². The van der Waals surface area contributed by atoms with Gasteiger partial charge in [0.1, 0.15) is 0 Å². The van der Waals surface area contributed by atoms with E-state index in [-0.39, 0.29) is 0 Å². The molecule has 0 aromatic heterocycles. The van der Waals surface area contributed by atoms with E-state index in [9.17, 15) is 0 Å². The molecule has 20 heavy (non-hydrogen) atoms. The summed E-state index contributed by atoms with van der Waals surface area (Å²) in [5.41, 5.74) is 3.67. The van der Waals surface area contributed by atoms with Gasteiger partial charge in [-0.05, 0) is 65.9 Å². The van der Waals surface area contributed by atoms with Crippen LogP contribution >= 0.6 is 34.8 Å². The second-order valence-corrected chi connectivity index (χ2v) is 7.94. The third-order valence-electron chi connectivity index (χ3n) is 2.03. The third-order valence-corrected chi connectivity index (χ3v) is 5.41. The maximum absolute atomic E-state index is 5.43. The van der Waals surface area contributed by atoms with E-state index in [0.717, 1.165) is 10.2 Å². The monoisotopic (exact) mass is 397 g/mol. The molecule has 0 amide bonds. The normalized spacial score (nSPS) is 11.2. The van der Waals surface area contributed by atoms with E-state index in [1.807, 2.05) is 38.1 Å². The van der Waals surface area contributed by atoms with Crippen LogP contribution < -0.4 is 15.9 Å². The van der Waals surface area contributed by atoms with Crippen molar-refractivity contribution in [3.63, 3.8) is 0 Å². The van der Waals surface area contributed by atoms with E-state index in [1.54, 1.807) is 0 Å². The Kier molecular flexibility index (Phi) is 8.13. The van der Waals surface area contributed by atoms with Gasteiger partial charge in [0.2, 0.25) is 0 Å². The van der Waals surface area contributed by atoms with Crippen molar-refractivity contribution in [3.05, 3.63) is 28.7 Å². The van der Waals surface area contributed by atoms with E-state index < -0.39 is 6.64 Å². The molecule has 3 N–H and O–H groups in total. The summed E-state index contributed by atoms with van der Waals surface area (Å²) in [5, 5.41) is 6.27. The molecule has 0 spiro atoms. The first-order chi connectivity index (χ1) is 9.50. The first-order valence-electron chi connectivity index (χ1n) is 5.98. The summed E-state index contributed by atoms with van der Waals surface area (Å²) in [6, 6.07) is 7.66. The summed E-state index contributed by atoms with van der Waals surface area (Å²) in [6.45, 7) is 2.10. The van der Waals surface area contributed by atoms with Crippen molar-refractivity contribution in [2.45, 2.75) is 13.8 Å². The predicted molar refractivity (Wildman–Crippen MR) is 94.2 cm³/mol. The van der Waals surface area contributed by atoms with Crippen molar-refractivity contribution < 1.29 is 9.05 Å². The number of hydrogen-bond donors (Lipinski definition) is 3. The average molecular weight is 398 g/mol. The molecule has 0 atom stereocenters. The van der Waals surface area contributed by atoms with Crippen molar-refractivity contribution >= 4 is 57.4 Å². The van der Waals surface area contributed by atoms with Crippen LogP contribution in [0.3, 0.4) is 0 Å². The van der Waals surface area contributed by atoms with Crippen LogP contribution in [0.25, 0.3) is 0 Å². The van der Waals surface area contributed by atoms with Gasteiger partial charge >= 0.3 is 0 Å². The molecule has 0 saturated heterocycles. The topological polar surface area (TPSA) is 54.5 Å². The molecule has 0 fully saturated rings. The number of hydrogen-bond acceptors (Lipinski definition) is 4. The molecule has 1 aromatic rings. The van der Waals surface area contributed by atoms with Crippen molar-refractivity contribution in [2.24, 2.45) is 0 Å². The summed E-state index contributed by atoms with van der Waals surface area (Å²) in [4.78, 5) is 0. The average Bonchev–Trinajstić information content (AvgIpc) is 2.40. The highest BCUT2D eigenvalue weighted by atomic mass is 79.9. The first-order valence-corrected chi connectivity index (χ1v) is 9.82. The third kappa shape index (κ3) is 6.13. The number of nitrogens with one attached hydrogen (secondary N) is 3. The molecule has 112 valence electrons. The highest BCUT2D eigenvalue weighted by Crippen LogP contribution is 2.42. The maximum atomic E-state index is 5.43. The lowest BCUT2D eigenvalue weighted by molar-refractivity contribution is 0.256. The van der Waals surface area contributed by atoms with Crippen molar-refractivity contribution in [2.75, 3.05) is 18.5 Å². The molecule has 5 nitrogen and oxygen atoms in total. The number of thiocarbonyl (C=S) groups is 1. The lowest BCUT2D eigenvalue weighted by Crippen LogP contribution is -2.39. The van der Waals surface area contributed by atoms with Crippen LogP contribution in [0.5, 0.6) is 0 Å². The molecular weight excluding hydrogens is 381 g/mol. The van der Waals surface area contributed by atoms with Crippen molar-refractivity contribution in [3.8, 4) is 0 Å². The Morgan fingerprint density at radius 2 is 1.85 bits per heavy atom. The zero-order chi connectivity index (χ0) is 15.0. The van der Waals surface area contributed by atoms with Crippen LogP contribution in [-0.2, 0) is 20.9 Å². The minimum Gasteiger partial charge on any atom is -0.331 e. The lowest BCUT2D eigenvalue weighted by Gasteiger charge is -2.23. The summed E-state index contributed by atoms with van der Waals surface area (Å²) in [7, 11) is 0. The lowest BCUT2D eigenvalue weighted by atomic mass is 10.3. The Morgan fingerprint density at radius 1 is 1.25 bits per heavy atom. The van der Waals surface area contributed by atoms with Crippen molar-refractivity contribution in [1.29, 1.82) is 0 Å². The van der Waals surface area contributed by atoms with Crippen LogP contribution in [0.1, 0.15) is 13.8 Å². The molecule has 0 bridgehead atoms. The molecule has 9 heteroatoms. The Labute approximate surface area is 138 Å². The van der Waals surface area contributed by atoms with Gasteiger partial charge in [-0.3, -0.25) is 5.43 Å². The number of para-hydroxylation sites is 1. The summed E-state index contributed by atoms with van der Waals surface area (Å²) in [6.07, 6.45) is 0. The molecule has 0 aliphatic carbocycles. The van der Waals surface area contributed by atoms with E-state index in [2.05, 4.69) is 31.9 Å². The van der Waals surface area contributed by atoms with Crippen LogP contribution in [0.4, 0.5) is 5.69 Å². The summed E-state index contributed by atoms with van der Waals surface area (Å²) < 4.78 is 11.8. The van der Waals surface area contributed by atoms with Crippen molar-refractivity contribution in [1.82, 2.24) is 10.6 Å². The predicted octanol–water partition coefficient (Wildman–Crippen LogP) is 3.54. The Hall–Kier alpha value is -0.0800. The SMILES string of the molecule is CCOP(=S)(NNC(=S)Nc1ccccc1Br)OCC. The van der Waals surface area contributed by atoms with Gasteiger partial charge in [-0.1, -0.05) is 12.1 Å². The number of rotatable bonds is 7. The molecule has 0 radical (unpaired) electrons. The molecule has 1 aromatic carbocycles. The highest BCUT2D eigenvalue weighted by molar-refractivity contribution is 9.10. The van der Waals surface area contributed by atoms with Crippen LogP contribution in [-0.4, -0.2) is 18.3 Å². The number of halogens is 1. The van der Waals surface area contributed by atoms with Gasteiger partial charge in [0, 0.05) is 4.47 Å². The smallest absolute Gasteiger partial charge is 0.279 e. The molecular formula is C11H17BrN3O2PS2. The second-order valence-electron chi connectivity index (χ2n) is 3.50. The van der Waals surface area contributed by atoms with Gasteiger partial charge in [0.25, 0.3) is 6.64 Å². The van der Waals surface area contributed by atoms with Crippen LogP contribution in [0.2, 0.25) is 0 Å². The fraction of sp³-hybridized carbons (Fsp3) is 0.364. The molecule has 0 aliphatic heterocycles. The highest BCUT2D eigenvalue weighted by Gasteiger charge is 2.17. The zero-order valence-electron chi connectivity index (χ0n) is 11.2. The van der Waals surface area contributed by atoms with E-state index in [4.69, 9.17) is 33.1 Å².